The molecule has 1 aliphatic rings. The number of guanidine groups is 1. The summed E-state index contributed by atoms with van der Waals surface area (Å²) < 4.78 is 31.7. The van der Waals surface area contributed by atoms with Gasteiger partial charge in [-0.1, -0.05) is 18.2 Å². The van der Waals surface area contributed by atoms with Gasteiger partial charge in [-0.2, -0.15) is 11.8 Å². The summed E-state index contributed by atoms with van der Waals surface area (Å²) in [6, 6.07) is 7.72. The highest BCUT2D eigenvalue weighted by molar-refractivity contribution is 14.0. The van der Waals surface area contributed by atoms with E-state index in [-0.39, 0.29) is 29.7 Å². The van der Waals surface area contributed by atoms with E-state index in [1.807, 2.05) is 31.2 Å². The second-order valence-corrected chi connectivity index (χ2v) is 9.07. The summed E-state index contributed by atoms with van der Waals surface area (Å²) >= 11 is 1.80. The predicted octanol–water partition coefficient (Wildman–Crippen LogP) is 1.75. The Morgan fingerprint density at radius 2 is 1.96 bits per heavy atom. The summed E-state index contributed by atoms with van der Waals surface area (Å²) in [4.78, 5) is 4.53. The number of methoxy groups -OCH3 is 1. The van der Waals surface area contributed by atoms with Crippen molar-refractivity contribution in [3.63, 3.8) is 0 Å². The molecule has 2 N–H and O–H groups in total. The Balaban J connectivity index is 0.00000364. The summed E-state index contributed by atoms with van der Waals surface area (Å²) in [7, 11) is -1.58. The van der Waals surface area contributed by atoms with Gasteiger partial charge in [-0.05, 0) is 13.0 Å². The molecule has 2 rings (SSSR count). The first-order chi connectivity index (χ1) is 12.6. The van der Waals surface area contributed by atoms with Gasteiger partial charge in [0, 0.05) is 43.2 Å². The van der Waals surface area contributed by atoms with E-state index in [9.17, 15) is 8.42 Å². The molecule has 27 heavy (non-hydrogen) atoms. The fourth-order valence-corrected chi connectivity index (χ4v) is 5.08. The van der Waals surface area contributed by atoms with Crippen molar-refractivity contribution in [3.8, 4) is 5.75 Å². The summed E-state index contributed by atoms with van der Waals surface area (Å²) in [6.45, 7) is 4.67. The molecule has 7 nitrogen and oxygen atoms in total. The first-order valence-corrected chi connectivity index (χ1v) is 11.5. The molecular weight excluding hydrogens is 499 g/mol. The fourth-order valence-electron chi connectivity index (χ4n) is 2.59. The Morgan fingerprint density at radius 1 is 1.26 bits per heavy atom. The quantitative estimate of drug-likeness (QED) is 0.304. The topological polar surface area (TPSA) is 83.0 Å². The first-order valence-electron chi connectivity index (χ1n) is 8.76. The largest absolute Gasteiger partial charge is 0.496 e. The number of hydrogen-bond acceptors (Lipinski definition) is 5. The van der Waals surface area contributed by atoms with E-state index < -0.39 is 10.0 Å². The van der Waals surface area contributed by atoms with E-state index in [0.717, 1.165) is 22.8 Å². The SMILES string of the molecule is CCNC(=NCc1ccccc1OC)NCCS(=O)(=O)N1CCSCC1.I. The molecule has 0 radical (unpaired) electrons. The lowest BCUT2D eigenvalue weighted by Crippen LogP contribution is -2.44. The lowest BCUT2D eigenvalue weighted by atomic mass is 10.2. The van der Waals surface area contributed by atoms with Crippen molar-refractivity contribution in [1.82, 2.24) is 14.9 Å². The zero-order valence-electron chi connectivity index (χ0n) is 15.8. The van der Waals surface area contributed by atoms with Gasteiger partial charge in [0.15, 0.2) is 5.96 Å². The Morgan fingerprint density at radius 3 is 2.63 bits per heavy atom. The van der Waals surface area contributed by atoms with Crippen LogP contribution in [-0.4, -0.2) is 69.2 Å². The number of sulfonamides is 1. The third-order valence-electron chi connectivity index (χ3n) is 3.96. The van der Waals surface area contributed by atoms with Crippen LogP contribution in [0.3, 0.4) is 0 Å². The number of ether oxygens (including phenoxy) is 1. The van der Waals surface area contributed by atoms with Gasteiger partial charge in [0.1, 0.15) is 5.75 Å². The second kappa shape index (κ2) is 12.7. The van der Waals surface area contributed by atoms with Crippen molar-refractivity contribution in [1.29, 1.82) is 0 Å². The van der Waals surface area contributed by atoms with Gasteiger partial charge in [-0.15, -0.1) is 24.0 Å². The van der Waals surface area contributed by atoms with Gasteiger partial charge in [0.05, 0.1) is 19.4 Å². The number of halogens is 1. The second-order valence-electron chi connectivity index (χ2n) is 5.76. The van der Waals surface area contributed by atoms with E-state index in [4.69, 9.17) is 4.74 Å². The van der Waals surface area contributed by atoms with Crippen LogP contribution in [0.25, 0.3) is 0 Å². The minimum absolute atomic E-state index is 0. The van der Waals surface area contributed by atoms with Crippen LogP contribution in [0.4, 0.5) is 0 Å². The van der Waals surface area contributed by atoms with Gasteiger partial charge in [-0.25, -0.2) is 17.7 Å². The lowest BCUT2D eigenvalue weighted by molar-refractivity contribution is 0.410. The maximum atomic E-state index is 12.4. The summed E-state index contributed by atoms with van der Waals surface area (Å²) in [6.07, 6.45) is 0. The highest BCUT2D eigenvalue weighted by atomic mass is 127. The smallest absolute Gasteiger partial charge is 0.215 e. The Hall–Kier alpha value is -0.720. The highest BCUT2D eigenvalue weighted by Gasteiger charge is 2.23. The molecule has 10 heteroatoms. The van der Waals surface area contributed by atoms with Crippen LogP contribution in [0.5, 0.6) is 5.75 Å². The van der Waals surface area contributed by atoms with Crippen LogP contribution < -0.4 is 15.4 Å². The van der Waals surface area contributed by atoms with Crippen LogP contribution >= 0.6 is 35.7 Å². The minimum Gasteiger partial charge on any atom is -0.496 e. The molecule has 0 saturated carbocycles. The highest BCUT2D eigenvalue weighted by Crippen LogP contribution is 2.18. The van der Waals surface area contributed by atoms with Gasteiger partial charge < -0.3 is 15.4 Å². The van der Waals surface area contributed by atoms with Gasteiger partial charge >= 0.3 is 0 Å². The molecule has 0 unspecified atom stereocenters. The van der Waals surface area contributed by atoms with Crippen LogP contribution in [0.2, 0.25) is 0 Å². The van der Waals surface area contributed by atoms with E-state index >= 15 is 0 Å². The van der Waals surface area contributed by atoms with Crippen LogP contribution in [0, 0.1) is 0 Å². The van der Waals surface area contributed by atoms with E-state index in [1.54, 1.807) is 23.2 Å². The van der Waals surface area contributed by atoms with Gasteiger partial charge in [0.2, 0.25) is 10.0 Å². The molecular formula is C17H29IN4O3S2. The predicted molar refractivity (Wildman–Crippen MR) is 124 cm³/mol. The molecule has 0 aliphatic carbocycles. The van der Waals surface area contributed by atoms with Crippen LogP contribution in [0.15, 0.2) is 29.3 Å². The van der Waals surface area contributed by atoms with E-state index in [2.05, 4.69) is 15.6 Å². The van der Waals surface area contributed by atoms with Crippen molar-refractivity contribution >= 4 is 51.7 Å². The zero-order valence-corrected chi connectivity index (χ0v) is 19.8. The summed E-state index contributed by atoms with van der Waals surface area (Å²) in [5.74, 6) is 3.20. The molecule has 1 saturated heterocycles. The molecule has 0 atom stereocenters. The molecule has 1 aromatic carbocycles. The monoisotopic (exact) mass is 528 g/mol. The molecule has 1 fully saturated rings. The Labute approximate surface area is 183 Å². The molecule has 154 valence electrons. The molecule has 0 amide bonds. The number of hydrogen-bond donors (Lipinski definition) is 2. The van der Waals surface area contributed by atoms with E-state index in [0.29, 0.717) is 38.7 Å². The van der Waals surface area contributed by atoms with Crippen LogP contribution in [0.1, 0.15) is 12.5 Å². The zero-order chi connectivity index (χ0) is 18.8. The normalized spacial score (nSPS) is 15.7. The number of rotatable bonds is 8. The number of benzene rings is 1. The van der Waals surface area contributed by atoms with Crippen molar-refractivity contribution in [3.05, 3.63) is 29.8 Å². The van der Waals surface area contributed by atoms with Crippen molar-refractivity contribution in [2.45, 2.75) is 13.5 Å². The first kappa shape index (κ1) is 24.3. The molecule has 1 heterocycles. The third-order valence-corrected chi connectivity index (χ3v) is 6.77. The molecule has 0 aromatic heterocycles. The van der Waals surface area contributed by atoms with Gasteiger partial charge in [0.25, 0.3) is 0 Å². The number of nitrogens with one attached hydrogen (secondary N) is 2. The average molecular weight is 528 g/mol. The third kappa shape index (κ3) is 8.04. The van der Waals surface area contributed by atoms with Crippen LogP contribution in [-0.2, 0) is 16.6 Å². The van der Waals surface area contributed by atoms with Gasteiger partial charge in [-0.3, -0.25) is 0 Å². The minimum atomic E-state index is -3.22. The number of aliphatic imine (C=N–C) groups is 1. The fraction of sp³-hybridized carbons (Fsp3) is 0.588. The van der Waals surface area contributed by atoms with Crippen molar-refractivity contribution in [2.24, 2.45) is 4.99 Å². The average Bonchev–Trinajstić information content (AvgIpc) is 2.67. The summed E-state index contributed by atoms with van der Waals surface area (Å²) in [5, 5.41) is 6.25. The molecule has 1 aliphatic heterocycles. The van der Waals surface area contributed by atoms with E-state index in [1.165, 1.54) is 0 Å². The molecule has 1 aromatic rings. The number of para-hydroxylation sites is 1. The molecule has 0 spiro atoms. The number of thioether (sulfide) groups is 1. The maximum absolute atomic E-state index is 12.4. The summed E-state index contributed by atoms with van der Waals surface area (Å²) in [5.41, 5.74) is 0.977. The maximum Gasteiger partial charge on any atom is 0.215 e. The number of nitrogens with zero attached hydrogens (tertiary/aromatic N) is 2. The van der Waals surface area contributed by atoms with Crippen molar-refractivity contribution < 1.29 is 13.2 Å². The lowest BCUT2D eigenvalue weighted by Gasteiger charge is -2.25. The Kier molecular flexibility index (Phi) is 11.4. The standard InChI is InChI=1S/C17H28N4O3S2.HI/c1-3-18-17(20-14-15-6-4-5-7-16(15)24-2)19-8-13-26(22,23)21-9-11-25-12-10-21;/h4-7H,3,8-14H2,1-2H3,(H2,18,19,20);1H. The van der Waals surface area contributed by atoms with Crippen molar-refractivity contribution in [2.75, 3.05) is 50.5 Å². The Bertz CT molecular complexity index is 695. The molecule has 0 bridgehead atoms.